The second-order valence-electron chi connectivity index (χ2n) is 6.04. The summed E-state index contributed by atoms with van der Waals surface area (Å²) in [5, 5.41) is 3.21. The number of hydrogen-bond donors (Lipinski definition) is 1. The first-order valence-corrected chi connectivity index (χ1v) is 8.40. The summed E-state index contributed by atoms with van der Waals surface area (Å²) in [4.78, 5) is 24.4. The maximum atomic E-state index is 12.9. The van der Waals surface area contributed by atoms with Gasteiger partial charge in [0.25, 0.3) is 0 Å². The number of hydrogen-bond acceptors (Lipinski definition) is 4. The summed E-state index contributed by atoms with van der Waals surface area (Å²) in [6, 6.07) is 12.9. The fourth-order valence-corrected chi connectivity index (χ4v) is 2.85. The van der Waals surface area contributed by atoms with E-state index in [0.29, 0.717) is 30.6 Å². The molecule has 1 atom stereocenters. The maximum Gasteiger partial charge on any atom is 0.162 e. The van der Waals surface area contributed by atoms with Crippen LogP contribution in [0.15, 0.2) is 48.5 Å². The van der Waals surface area contributed by atoms with E-state index in [9.17, 15) is 14.0 Å². The molecule has 1 N–H and O–H groups in total. The Morgan fingerprint density at radius 3 is 2.44 bits per heavy atom. The van der Waals surface area contributed by atoms with Crippen molar-refractivity contribution in [1.29, 1.82) is 0 Å². The quantitative estimate of drug-likeness (QED) is 0.781. The number of ketones is 2. The summed E-state index contributed by atoms with van der Waals surface area (Å²) in [6.45, 7) is 1.46. The number of ether oxygens (including phenoxy) is 1. The molecule has 0 spiro atoms. The van der Waals surface area contributed by atoms with Gasteiger partial charge < -0.3 is 4.74 Å². The van der Waals surface area contributed by atoms with Gasteiger partial charge in [0.05, 0.1) is 6.61 Å². The van der Waals surface area contributed by atoms with Gasteiger partial charge in [0.15, 0.2) is 11.6 Å². The minimum Gasteiger partial charge on any atom is -0.358 e. The minimum atomic E-state index is -0.368. The lowest BCUT2D eigenvalue weighted by molar-refractivity contribution is 0.0955. The summed E-state index contributed by atoms with van der Waals surface area (Å²) < 4.78 is 18.4. The number of rotatable bonds is 7. The summed E-state index contributed by atoms with van der Waals surface area (Å²) in [5.74, 6) is -0.441. The van der Waals surface area contributed by atoms with Crippen LogP contribution < -0.4 is 5.32 Å². The van der Waals surface area contributed by atoms with Crippen molar-refractivity contribution >= 4 is 11.6 Å². The van der Waals surface area contributed by atoms with Gasteiger partial charge >= 0.3 is 0 Å². The van der Waals surface area contributed by atoms with Gasteiger partial charge in [-0.05, 0) is 42.3 Å². The van der Waals surface area contributed by atoms with E-state index >= 15 is 0 Å². The van der Waals surface area contributed by atoms with Crippen molar-refractivity contribution < 1.29 is 18.7 Å². The number of Topliss-reactive ketones (excluding diaryl/α,β-unsaturated/α-hetero) is 2. The third kappa shape index (κ3) is 4.59. The van der Waals surface area contributed by atoms with Crippen LogP contribution in [0.25, 0.3) is 0 Å². The van der Waals surface area contributed by atoms with E-state index in [1.807, 2.05) is 18.2 Å². The Hall–Kier alpha value is -2.37. The molecule has 1 fully saturated rings. The molecule has 2 aromatic carbocycles. The average Bonchev–Trinajstić information content (AvgIpc) is 3.17. The van der Waals surface area contributed by atoms with Crippen molar-refractivity contribution in [2.75, 3.05) is 13.2 Å². The van der Waals surface area contributed by atoms with Crippen LogP contribution in [0.1, 0.15) is 51.8 Å². The predicted octanol–water partition coefficient (Wildman–Crippen LogP) is 3.68. The van der Waals surface area contributed by atoms with Crippen LogP contribution in [0.5, 0.6) is 0 Å². The molecule has 0 bridgehead atoms. The first-order valence-electron chi connectivity index (χ1n) is 8.40. The van der Waals surface area contributed by atoms with Gasteiger partial charge in [-0.15, -0.1) is 0 Å². The molecule has 0 aliphatic carbocycles. The van der Waals surface area contributed by atoms with E-state index in [1.165, 1.54) is 24.3 Å². The van der Waals surface area contributed by atoms with Crippen LogP contribution in [-0.2, 0) is 4.74 Å². The molecule has 0 saturated carbocycles. The molecule has 0 radical (unpaired) electrons. The van der Waals surface area contributed by atoms with Gasteiger partial charge in [0, 0.05) is 30.5 Å². The van der Waals surface area contributed by atoms with Crippen molar-refractivity contribution in [3.05, 3.63) is 71.0 Å². The maximum absolute atomic E-state index is 12.9. The highest BCUT2D eigenvalue weighted by Gasteiger charge is 2.18. The third-order valence-corrected chi connectivity index (χ3v) is 4.20. The van der Waals surface area contributed by atoms with Gasteiger partial charge in [-0.25, -0.2) is 4.39 Å². The summed E-state index contributed by atoms with van der Waals surface area (Å²) in [5.41, 5.74) is 2.04. The zero-order chi connectivity index (χ0) is 17.6. The Balaban J connectivity index is 1.53. The molecule has 130 valence electrons. The third-order valence-electron chi connectivity index (χ3n) is 4.20. The van der Waals surface area contributed by atoms with Crippen molar-refractivity contribution in [1.82, 2.24) is 5.32 Å². The van der Waals surface area contributed by atoms with E-state index in [4.69, 9.17) is 4.74 Å². The van der Waals surface area contributed by atoms with Crippen LogP contribution >= 0.6 is 0 Å². The van der Waals surface area contributed by atoms with Crippen molar-refractivity contribution in [3.63, 3.8) is 0 Å². The van der Waals surface area contributed by atoms with Crippen LogP contribution in [0.3, 0.4) is 0 Å². The Labute approximate surface area is 146 Å². The van der Waals surface area contributed by atoms with Gasteiger partial charge in [0.1, 0.15) is 12.0 Å². The molecule has 0 amide bonds. The molecule has 1 aliphatic rings. The zero-order valence-electron chi connectivity index (χ0n) is 13.8. The second kappa shape index (κ2) is 8.14. The van der Waals surface area contributed by atoms with Crippen molar-refractivity contribution in [2.45, 2.75) is 25.5 Å². The number of carbonyl (C=O) groups excluding carboxylic acids is 2. The number of carbonyl (C=O) groups is 2. The van der Waals surface area contributed by atoms with Gasteiger partial charge in [-0.3, -0.25) is 14.9 Å². The molecule has 0 aromatic heterocycles. The highest BCUT2D eigenvalue weighted by atomic mass is 19.1. The number of benzene rings is 2. The summed E-state index contributed by atoms with van der Waals surface area (Å²) >= 11 is 0. The Bertz CT molecular complexity index is 752. The summed E-state index contributed by atoms with van der Waals surface area (Å²) in [6.07, 6.45) is 0.879. The van der Waals surface area contributed by atoms with E-state index in [1.54, 1.807) is 6.07 Å². The van der Waals surface area contributed by atoms with E-state index < -0.39 is 0 Å². The smallest absolute Gasteiger partial charge is 0.162 e. The lowest BCUT2D eigenvalue weighted by Crippen LogP contribution is -2.14. The van der Waals surface area contributed by atoms with E-state index in [2.05, 4.69) is 5.32 Å². The van der Waals surface area contributed by atoms with Crippen molar-refractivity contribution in [3.8, 4) is 0 Å². The first kappa shape index (κ1) is 17.5. The Morgan fingerprint density at radius 2 is 1.76 bits per heavy atom. The number of nitrogens with one attached hydrogen (secondary N) is 1. The lowest BCUT2D eigenvalue weighted by Gasteiger charge is -2.11. The van der Waals surface area contributed by atoms with E-state index in [-0.39, 0.29) is 30.0 Å². The van der Waals surface area contributed by atoms with Gasteiger partial charge in [-0.1, -0.05) is 18.2 Å². The fraction of sp³-hybridized carbons (Fsp3) is 0.300. The standard InChI is InChI=1S/C20H20FNO3/c21-17-9-7-14(8-10-17)18(23)5-2-6-19(24)15-3-1-4-16(13-15)20-22-11-12-25-20/h1,3-4,7-10,13,20,22H,2,5-6,11-12H2/t20-/m0/s1. The van der Waals surface area contributed by atoms with Gasteiger partial charge in [-0.2, -0.15) is 0 Å². The fourth-order valence-electron chi connectivity index (χ4n) is 2.85. The largest absolute Gasteiger partial charge is 0.358 e. The first-order chi connectivity index (χ1) is 12.1. The molecule has 1 saturated heterocycles. The van der Waals surface area contributed by atoms with Crippen LogP contribution in [0, 0.1) is 5.82 Å². The molecular formula is C20H20FNO3. The van der Waals surface area contributed by atoms with E-state index in [0.717, 1.165) is 12.1 Å². The molecule has 1 aliphatic heterocycles. The minimum absolute atomic E-state index is 0.00625. The second-order valence-corrected chi connectivity index (χ2v) is 6.04. The highest BCUT2D eigenvalue weighted by molar-refractivity contribution is 5.98. The molecule has 3 rings (SSSR count). The molecule has 4 nitrogen and oxygen atoms in total. The number of halogens is 1. The Kier molecular flexibility index (Phi) is 5.68. The molecular weight excluding hydrogens is 321 g/mol. The molecule has 5 heteroatoms. The van der Waals surface area contributed by atoms with Crippen LogP contribution in [0.4, 0.5) is 4.39 Å². The van der Waals surface area contributed by atoms with Gasteiger partial charge in [0.2, 0.25) is 0 Å². The molecule has 25 heavy (non-hydrogen) atoms. The Morgan fingerprint density at radius 1 is 1.04 bits per heavy atom. The SMILES string of the molecule is O=C(CCCC(=O)c1cccc([C@H]2NCCO2)c1)c1ccc(F)cc1. The topological polar surface area (TPSA) is 55.4 Å². The highest BCUT2D eigenvalue weighted by Crippen LogP contribution is 2.20. The lowest BCUT2D eigenvalue weighted by atomic mass is 10.00. The molecule has 1 heterocycles. The normalized spacial score (nSPS) is 16.8. The van der Waals surface area contributed by atoms with Crippen LogP contribution in [-0.4, -0.2) is 24.7 Å². The summed E-state index contributed by atoms with van der Waals surface area (Å²) in [7, 11) is 0. The predicted molar refractivity (Wildman–Crippen MR) is 92.0 cm³/mol. The molecule has 0 unspecified atom stereocenters. The molecule has 2 aromatic rings. The average molecular weight is 341 g/mol. The van der Waals surface area contributed by atoms with Crippen molar-refractivity contribution in [2.24, 2.45) is 0 Å². The monoisotopic (exact) mass is 341 g/mol. The zero-order valence-corrected chi connectivity index (χ0v) is 13.8. The van der Waals surface area contributed by atoms with Crippen LogP contribution in [0.2, 0.25) is 0 Å².